The Labute approximate surface area is 126 Å². The molecule has 3 rings (SSSR count). The fraction of sp³-hybridized carbons (Fsp3) is 0.357. The summed E-state index contributed by atoms with van der Waals surface area (Å²) in [4.78, 5) is 23.4. The molecule has 0 bridgehead atoms. The molecule has 0 spiro atoms. The Balaban J connectivity index is 1.76. The number of tetrazole rings is 1. The zero-order valence-corrected chi connectivity index (χ0v) is 12.1. The molecule has 0 radical (unpaired) electrons. The number of anilines is 1. The third-order valence-corrected chi connectivity index (χ3v) is 4.10. The molecule has 2 aromatic rings. The highest BCUT2D eigenvalue weighted by molar-refractivity contribution is 5.99. The number of rotatable bonds is 4. The maximum atomic E-state index is 12.3. The number of aromatic nitrogens is 4. The Morgan fingerprint density at radius 1 is 1.32 bits per heavy atom. The van der Waals surface area contributed by atoms with Crippen LogP contribution in [0.25, 0.3) is 5.69 Å². The molecule has 1 aromatic carbocycles. The standard InChI is InChI=1S/C14H15N5O3/c1-14(2)10(11(14)13(21)22)12(20)16-8-4-3-5-9(6-8)19-7-15-17-18-19/h3-7,10-11H,1-2H3,(H,16,20)(H,21,22)/t10-,11+/m0/s1. The molecule has 2 atom stereocenters. The highest BCUT2D eigenvalue weighted by Gasteiger charge is 2.65. The van der Waals surface area contributed by atoms with E-state index in [-0.39, 0.29) is 5.91 Å². The minimum atomic E-state index is -0.937. The van der Waals surface area contributed by atoms with Gasteiger partial charge in [-0.3, -0.25) is 9.59 Å². The minimum Gasteiger partial charge on any atom is -0.481 e. The van der Waals surface area contributed by atoms with Gasteiger partial charge >= 0.3 is 5.97 Å². The molecule has 1 amide bonds. The molecule has 1 heterocycles. The van der Waals surface area contributed by atoms with E-state index >= 15 is 0 Å². The van der Waals surface area contributed by atoms with Gasteiger partial charge in [-0.15, -0.1) is 5.10 Å². The van der Waals surface area contributed by atoms with Gasteiger partial charge in [-0.2, -0.15) is 0 Å². The van der Waals surface area contributed by atoms with Crippen LogP contribution in [0.2, 0.25) is 0 Å². The normalized spacial score (nSPS) is 22.1. The van der Waals surface area contributed by atoms with E-state index in [4.69, 9.17) is 5.11 Å². The molecule has 114 valence electrons. The molecule has 0 aliphatic heterocycles. The third-order valence-electron chi connectivity index (χ3n) is 4.10. The lowest BCUT2D eigenvalue weighted by molar-refractivity contribution is -0.140. The average molecular weight is 301 g/mol. The van der Waals surface area contributed by atoms with Crippen LogP contribution in [0.15, 0.2) is 30.6 Å². The van der Waals surface area contributed by atoms with Crippen molar-refractivity contribution in [3.63, 3.8) is 0 Å². The van der Waals surface area contributed by atoms with Crippen LogP contribution < -0.4 is 5.32 Å². The lowest BCUT2D eigenvalue weighted by Crippen LogP contribution is -2.17. The molecular formula is C14H15N5O3. The van der Waals surface area contributed by atoms with Crippen molar-refractivity contribution in [2.75, 3.05) is 5.32 Å². The number of carboxylic acids is 1. The van der Waals surface area contributed by atoms with Crippen molar-refractivity contribution in [3.05, 3.63) is 30.6 Å². The maximum Gasteiger partial charge on any atom is 0.307 e. The van der Waals surface area contributed by atoms with Gasteiger partial charge in [0.15, 0.2) is 0 Å². The third kappa shape index (κ3) is 2.32. The van der Waals surface area contributed by atoms with Gasteiger partial charge in [0, 0.05) is 5.69 Å². The number of aliphatic carboxylic acids is 1. The summed E-state index contributed by atoms with van der Waals surface area (Å²) in [5, 5.41) is 22.8. The number of hydrogen-bond acceptors (Lipinski definition) is 5. The van der Waals surface area contributed by atoms with Gasteiger partial charge in [0.2, 0.25) is 5.91 Å². The summed E-state index contributed by atoms with van der Waals surface area (Å²) >= 11 is 0. The number of nitrogens with zero attached hydrogens (tertiary/aromatic N) is 4. The summed E-state index contributed by atoms with van der Waals surface area (Å²) in [6.45, 7) is 3.57. The van der Waals surface area contributed by atoms with Crippen molar-refractivity contribution in [2.45, 2.75) is 13.8 Å². The van der Waals surface area contributed by atoms with Gasteiger partial charge in [0.25, 0.3) is 0 Å². The lowest BCUT2D eigenvalue weighted by atomic mass is 10.1. The number of benzene rings is 1. The van der Waals surface area contributed by atoms with E-state index in [1.165, 1.54) is 11.0 Å². The number of nitrogens with one attached hydrogen (secondary N) is 1. The Kier molecular flexibility index (Phi) is 3.16. The number of carboxylic acid groups (broad SMARTS) is 1. The number of amides is 1. The molecule has 0 unspecified atom stereocenters. The van der Waals surface area contributed by atoms with E-state index in [1.807, 2.05) is 0 Å². The Morgan fingerprint density at radius 2 is 2.09 bits per heavy atom. The van der Waals surface area contributed by atoms with Gasteiger partial charge < -0.3 is 10.4 Å². The first-order valence-corrected chi connectivity index (χ1v) is 6.78. The molecule has 1 saturated carbocycles. The first kappa shape index (κ1) is 14.2. The van der Waals surface area contributed by atoms with Crippen LogP contribution in [0.1, 0.15) is 13.8 Å². The van der Waals surface area contributed by atoms with E-state index in [0.29, 0.717) is 11.4 Å². The van der Waals surface area contributed by atoms with Crippen LogP contribution in [0, 0.1) is 17.3 Å². The lowest BCUT2D eigenvalue weighted by Gasteiger charge is -2.07. The Morgan fingerprint density at radius 3 is 2.68 bits per heavy atom. The fourth-order valence-electron chi connectivity index (χ4n) is 2.81. The van der Waals surface area contributed by atoms with Crippen LogP contribution >= 0.6 is 0 Å². The fourth-order valence-corrected chi connectivity index (χ4v) is 2.81. The largest absolute Gasteiger partial charge is 0.481 e. The van der Waals surface area contributed by atoms with E-state index in [9.17, 15) is 9.59 Å². The molecule has 1 aromatic heterocycles. The Bertz CT molecular complexity index is 726. The highest BCUT2D eigenvalue weighted by atomic mass is 16.4. The van der Waals surface area contributed by atoms with Gasteiger partial charge in [-0.05, 0) is 34.0 Å². The van der Waals surface area contributed by atoms with Gasteiger partial charge in [0.05, 0.1) is 17.5 Å². The Hall–Kier alpha value is -2.77. The van der Waals surface area contributed by atoms with Crippen LogP contribution in [-0.2, 0) is 9.59 Å². The number of carbonyl (C=O) groups excluding carboxylic acids is 1. The average Bonchev–Trinajstić information content (AvgIpc) is 2.84. The summed E-state index contributed by atoms with van der Waals surface area (Å²) in [6, 6.07) is 7.02. The van der Waals surface area contributed by atoms with E-state index < -0.39 is 23.2 Å². The van der Waals surface area contributed by atoms with Gasteiger partial charge in [0.1, 0.15) is 6.33 Å². The molecule has 2 N–H and O–H groups in total. The molecule has 1 fully saturated rings. The van der Waals surface area contributed by atoms with Crippen molar-refractivity contribution in [2.24, 2.45) is 17.3 Å². The van der Waals surface area contributed by atoms with Crippen LogP contribution in [0.3, 0.4) is 0 Å². The van der Waals surface area contributed by atoms with Crippen molar-refractivity contribution in [1.29, 1.82) is 0 Å². The molecular weight excluding hydrogens is 286 g/mol. The van der Waals surface area contributed by atoms with Gasteiger partial charge in [-0.1, -0.05) is 19.9 Å². The predicted octanol–water partition coefficient (Wildman–Crippen LogP) is 0.958. The van der Waals surface area contributed by atoms with E-state index in [0.717, 1.165) is 0 Å². The number of hydrogen-bond donors (Lipinski definition) is 2. The molecule has 8 nitrogen and oxygen atoms in total. The van der Waals surface area contributed by atoms with E-state index in [2.05, 4.69) is 20.8 Å². The van der Waals surface area contributed by atoms with Crippen molar-refractivity contribution >= 4 is 17.6 Å². The second-order valence-corrected chi connectivity index (χ2v) is 5.91. The summed E-state index contributed by atoms with van der Waals surface area (Å²) in [5.41, 5.74) is 0.751. The topological polar surface area (TPSA) is 110 Å². The summed E-state index contributed by atoms with van der Waals surface area (Å²) in [5.74, 6) is -2.39. The first-order chi connectivity index (χ1) is 10.4. The summed E-state index contributed by atoms with van der Waals surface area (Å²) < 4.78 is 1.47. The van der Waals surface area contributed by atoms with Crippen molar-refractivity contribution in [1.82, 2.24) is 20.2 Å². The zero-order valence-electron chi connectivity index (χ0n) is 12.1. The second-order valence-electron chi connectivity index (χ2n) is 5.91. The first-order valence-electron chi connectivity index (χ1n) is 6.78. The van der Waals surface area contributed by atoms with Crippen molar-refractivity contribution in [3.8, 4) is 5.69 Å². The molecule has 1 aliphatic carbocycles. The predicted molar refractivity (Wildman–Crippen MR) is 76.2 cm³/mol. The molecule has 1 aliphatic rings. The van der Waals surface area contributed by atoms with Gasteiger partial charge in [-0.25, -0.2) is 4.68 Å². The quantitative estimate of drug-likeness (QED) is 0.870. The zero-order chi connectivity index (χ0) is 15.9. The molecule has 0 saturated heterocycles. The SMILES string of the molecule is CC1(C)[C@H](C(=O)Nc2cccc(-n3cnnn3)c2)[C@@H]1C(=O)O. The minimum absolute atomic E-state index is 0.286. The molecule has 22 heavy (non-hydrogen) atoms. The van der Waals surface area contributed by atoms with Crippen LogP contribution in [0.4, 0.5) is 5.69 Å². The van der Waals surface area contributed by atoms with Crippen LogP contribution in [0.5, 0.6) is 0 Å². The highest BCUT2D eigenvalue weighted by Crippen LogP contribution is 2.58. The molecule has 8 heteroatoms. The van der Waals surface area contributed by atoms with Crippen molar-refractivity contribution < 1.29 is 14.7 Å². The maximum absolute atomic E-state index is 12.3. The monoisotopic (exact) mass is 301 g/mol. The van der Waals surface area contributed by atoms with E-state index in [1.54, 1.807) is 38.1 Å². The van der Waals surface area contributed by atoms with Crippen LogP contribution in [-0.4, -0.2) is 37.2 Å². The number of carbonyl (C=O) groups is 2. The second kappa shape index (κ2) is 4.90. The smallest absolute Gasteiger partial charge is 0.307 e. The summed E-state index contributed by atoms with van der Waals surface area (Å²) in [6.07, 6.45) is 1.45. The summed E-state index contributed by atoms with van der Waals surface area (Å²) in [7, 11) is 0.